The van der Waals surface area contributed by atoms with Gasteiger partial charge in [-0.1, -0.05) is 0 Å². The number of aryl methyl sites for hydroxylation is 1. The SMILES string of the molecule is COc1cc(C(F)(F)F)cnc1-c1nnc(Cl)nc1C. The zero-order valence-corrected chi connectivity index (χ0v) is 11.1. The first-order valence-corrected chi connectivity index (χ1v) is 5.69. The van der Waals surface area contributed by atoms with Crippen LogP contribution in [-0.2, 0) is 6.18 Å². The molecule has 2 heterocycles. The molecule has 0 radical (unpaired) electrons. The van der Waals surface area contributed by atoms with E-state index in [4.69, 9.17) is 16.3 Å². The number of ether oxygens (including phenoxy) is 1. The highest BCUT2D eigenvalue weighted by atomic mass is 35.5. The third-order valence-electron chi connectivity index (χ3n) is 2.46. The van der Waals surface area contributed by atoms with Gasteiger partial charge in [-0.3, -0.25) is 0 Å². The van der Waals surface area contributed by atoms with Crippen molar-refractivity contribution in [3.05, 3.63) is 28.8 Å². The molecule has 0 aliphatic heterocycles. The average molecular weight is 305 g/mol. The molecule has 9 heteroatoms. The molecule has 0 fully saturated rings. The maximum absolute atomic E-state index is 12.6. The molecule has 2 aromatic heterocycles. The lowest BCUT2D eigenvalue weighted by Crippen LogP contribution is -2.07. The summed E-state index contributed by atoms with van der Waals surface area (Å²) in [6.45, 7) is 1.59. The lowest BCUT2D eigenvalue weighted by Gasteiger charge is -2.11. The van der Waals surface area contributed by atoms with Crippen LogP contribution in [0.15, 0.2) is 12.3 Å². The monoisotopic (exact) mass is 304 g/mol. The molecule has 0 N–H and O–H groups in total. The first-order valence-electron chi connectivity index (χ1n) is 5.31. The van der Waals surface area contributed by atoms with Crippen molar-refractivity contribution in [1.29, 1.82) is 0 Å². The van der Waals surface area contributed by atoms with E-state index < -0.39 is 11.7 Å². The molecule has 5 nitrogen and oxygen atoms in total. The lowest BCUT2D eigenvalue weighted by atomic mass is 10.1. The minimum absolute atomic E-state index is 0.0582. The van der Waals surface area contributed by atoms with Gasteiger partial charge in [0.25, 0.3) is 0 Å². The summed E-state index contributed by atoms with van der Waals surface area (Å²) in [5.41, 5.74) is -0.198. The van der Waals surface area contributed by atoms with Crippen LogP contribution in [0.1, 0.15) is 11.3 Å². The van der Waals surface area contributed by atoms with Gasteiger partial charge in [0.1, 0.15) is 17.1 Å². The zero-order chi connectivity index (χ0) is 14.9. The zero-order valence-electron chi connectivity index (χ0n) is 10.4. The molecule has 2 aromatic rings. The molecule has 2 rings (SSSR count). The van der Waals surface area contributed by atoms with Gasteiger partial charge < -0.3 is 4.74 Å². The predicted octanol–water partition coefficient (Wildman–Crippen LogP) is 2.92. The van der Waals surface area contributed by atoms with E-state index in [2.05, 4.69) is 20.2 Å². The number of alkyl halides is 3. The van der Waals surface area contributed by atoms with Crippen molar-refractivity contribution < 1.29 is 17.9 Å². The highest BCUT2D eigenvalue weighted by Crippen LogP contribution is 2.35. The van der Waals surface area contributed by atoms with Crippen molar-refractivity contribution in [3.8, 4) is 17.1 Å². The van der Waals surface area contributed by atoms with Crippen LogP contribution < -0.4 is 4.74 Å². The molecule has 0 aromatic carbocycles. The minimum atomic E-state index is -4.50. The van der Waals surface area contributed by atoms with Crippen LogP contribution in [0.25, 0.3) is 11.4 Å². The number of methoxy groups -OCH3 is 1. The molecule has 0 amide bonds. The first-order chi connectivity index (χ1) is 9.32. The van der Waals surface area contributed by atoms with Gasteiger partial charge in [0, 0.05) is 6.20 Å². The second-order valence-corrected chi connectivity index (χ2v) is 4.13. The normalized spacial score (nSPS) is 11.5. The average Bonchev–Trinajstić information content (AvgIpc) is 2.37. The fraction of sp³-hybridized carbons (Fsp3) is 0.273. The Bertz CT molecular complexity index is 648. The van der Waals surface area contributed by atoms with Crippen molar-refractivity contribution in [2.45, 2.75) is 13.1 Å². The summed E-state index contributed by atoms with van der Waals surface area (Å²) < 4.78 is 42.8. The Labute approximate surface area is 116 Å². The van der Waals surface area contributed by atoms with Crippen LogP contribution in [0.4, 0.5) is 13.2 Å². The molecule has 0 aliphatic rings. The molecular weight excluding hydrogens is 297 g/mol. The standard InChI is InChI=1S/C11H8ClF3N4O/c1-5-8(18-19-10(12)17-5)9-7(20-2)3-6(4-16-9)11(13,14)15/h3-4H,1-2H3. The smallest absolute Gasteiger partial charge is 0.418 e. The van der Waals surface area contributed by atoms with Crippen LogP contribution in [0, 0.1) is 6.92 Å². The van der Waals surface area contributed by atoms with E-state index in [9.17, 15) is 13.2 Å². The highest BCUT2D eigenvalue weighted by Gasteiger charge is 2.32. The Morgan fingerprint density at radius 2 is 1.90 bits per heavy atom. The first kappa shape index (κ1) is 14.4. The number of nitrogens with zero attached hydrogens (tertiary/aromatic N) is 4. The summed E-state index contributed by atoms with van der Waals surface area (Å²) >= 11 is 5.58. The Kier molecular flexibility index (Phi) is 3.76. The van der Waals surface area contributed by atoms with Crippen LogP contribution in [-0.4, -0.2) is 27.3 Å². The summed E-state index contributed by atoms with van der Waals surface area (Å²) in [5, 5.41) is 7.27. The van der Waals surface area contributed by atoms with Gasteiger partial charge in [-0.05, 0) is 24.6 Å². The van der Waals surface area contributed by atoms with Gasteiger partial charge in [0.05, 0.1) is 18.4 Å². The van der Waals surface area contributed by atoms with E-state index in [0.29, 0.717) is 11.9 Å². The van der Waals surface area contributed by atoms with Crippen LogP contribution in [0.5, 0.6) is 5.75 Å². The van der Waals surface area contributed by atoms with E-state index >= 15 is 0 Å². The van der Waals surface area contributed by atoms with Gasteiger partial charge in [0.15, 0.2) is 0 Å². The van der Waals surface area contributed by atoms with Crippen LogP contribution in [0.3, 0.4) is 0 Å². The second-order valence-electron chi connectivity index (χ2n) is 3.79. The van der Waals surface area contributed by atoms with E-state index in [1.54, 1.807) is 6.92 Å². The molecule has 20 heavy (non-hydrogen) atoms. The lowest BCUT2D eigenvalue weighted by molar-refractivity contribution is -0.137. The number of aromatic nitrogens is 4. The molecule has 0 unspecified atom stereocenters. The summed E-state index contributed by atoms with van der Waals surface area (Å²) in [6.07, 6.45) is -3.80. The van der Waals surface area contributed by atoms with Gasteiger partial charge >= 0.3 is 6.18 Å². The van der Waals surface area contributed by atoms with Crippen LogP contribution >= 0.6 is 11.6 Å². The summed E-state index contributed by atoms with van der Waals surface area (Å²) in [5.74, 6) is -0.0682. The van der Waals surface area contributed by atoms with E-state index in [1.807, 2.05) is 0 Å². The van der Waals surface area contributed by atoms with Gasteiger partial charge in [0.2, 0.25) is 5.28 Å². The van der Waals surface area contributed by atoms with Gasteiger partial charge in [-0.15, -0.1) is 10.2 Å². The Balaban J connectivity index is 2.57. The second kappa shape index (κ2) is 5.20. The van der Waals surface area contributed by atoms with Crippen LogP contribution in [0.2, 0.25) is 5.28 Å². The Hall–Kier alpha value is -1.96. The molecule has 106 valence electrons. The summed E-state index contributed by atoms with van der Waals surface area (Å²) in [7, 11) is 1.24. The maximum Gasteiger partial charge on any atom is 0.418 e. The maximum atomic E-state index is 12.6. The number of pyridine rings is 1. The fourth-order valence-corrected chi connectivity index (χ4v) is 1.69. The summed E-state index contributed by atoms with van der Waals surface area (Å²) in [4.78, 5) is 7.62. The highest BCUT2D eigenvalue weighted by molar-refractivity contribution is 6.28. The van der Waals surface area contributed by atoms with Crippen molar-refractivity contribution in [1.82, 2.24) is 20.2 Å². The Morgan fingerprint density at radius 3 is 2.45 bits per heavy atom. The molecule has 0 saturated heterocycles. The third-order valence-corrected chi connectivity index (χ3v) is 2.62. The quantitative estimate of drug-likeness (QED) is 0.853. The fourth-order valence-electron chi connectivity index (χ4n) is 1.53. The number of halogens is 4. The van der Waals surface area contributed by atoms with Gasteiger partial charge in [-0.25, -0.2) is 9.97 Å². The van der Waals surface area contributed by atoms with Crippen molar-refractivity contribution >= 4 is 11.6 Å². The molecule has 0 atom stereocenters. The molecule has 0 saturated carbocycles. The summed E-state index contributed by atoms with van der Waals surface area (Å²) in [6, 6.07) is 0.845. The third kappa shape index (κ3) is 2.79. The van der Waals surface area contributed by atoms with Gasteiger partial charge in [-0.2, -0.15) is 13.2 Å². The van der Waals surface area contributed by atoms with E-state index in [0.717, 1.165) is 6.07 Å². The predicted molar refractivity (Wildman–Crippen MR) is 64.4 cm³/mol. The van der Waals surface area contributed by atoms with Crippen molar-refractivity contribution in [2.75, 3.05) is 7.11 Å². The number of rotatable bonds is 2. The van der Waals surface area contributed by atoms with E-state index in [-0.39, 0.29) is 22.4 Å². The number of hydrogen-bond acceptors (Lipinski definition) is 5. The number of hydrogen-bond donors (Lipinski definition) is 0. The molecule has 0 bridgehead atoms. The molecule has 0 spiro atoms. The molecular formula is C11H8ClF3N4O. The topological polar surface area (TPSA) is 60.8 Å². The van der Waals surface area contributed by atoms with Crippen molar-refractivity contribution in [3.63, 3.8) is 0 Å². The largest absolute Gasteiger partial charge is 0.494 e. The van der Waals surface area contributed by atoms with Crippen molar-refractivity contribution in [2.24, 2.45) is 0 Å². The molecule has 0 aliphatic carbocycles. The van der Waals surface area contributed by atoms with E-state index in [1.165, 1.54) is 7.11 Å². The Morgan fingerprint density at radius 1 is 1.20 bits per heavy atom. The minimum Gasteiger partial charge on any atom is -0.494 e.